The highest BCUT2D eigenvalue weighted by Crippen LogP contribution is 2.29. The molecule has 0 aliphatic carbocycles. The van der Waals surface area contributed by atoms with Crippen molar-refractivity contribution in [2.75, 3.05) is 13.1 Å². The Labute approximate surface area is 122 Å². The van der Waals surface area contributed by atoms with Crippen molar-refractivity contribution in [3.63, 3.8) is 0 Å². The second-order valence-electron chi connectivity index (χ2n) is 5.89. The highest BCUT2D eigenvalue weighted by Gasteiger charge is 2.33. The van der Waals surface area contributed by atoms with Crippen molar-refractivity contribution in [3.05, 3.63) is 27.0 Å². The number of rotatable bonds is 4. The average molecular weight is 316 g/mol. The Morgan fingerprint density at radius 2 is 2.10 bits per heavy atom. The number of hydrogen-bond acceptors (Lipinski definition) is 5. The third kappa shape index (κ3) is 3.60. The number of piperidine rings is 1. The lowest BCUT2D eigenvalue weighted by Crippen LogP contribution is -2.53. The maximum absolute atomic E-state index is 12.1. The first-order chi connectivity index (χ1) is 9.72. The third-order valence-corrected chi connectivity index (χ3v) is 5.31. The molecule has 1 aromatic heterocycles. The molecule has 1 unspecified atom stereocenters. The summed E-state index contributed by atoms with van der Waals surface area (Å²) in [7, 11) is -3.96. The van der Waals surface area contributed by atoms with Crippen molar-refractivity contribution in [3.8, 4) is 0 Å². The Kier molecular flexibility index (Phi) is 4.35. The molecule has 4 N–H and O–H groups in total. The molecule has 1 aliphatic rings. The van der Waals surface area contributed by atoms with Crippen LogP contribution in [0.2, 0.25) is 0 Å². The summed E-state index contributed by atoms with van der Waals surface area (Å²) in [6.07, 6.45) is 2.96. The molecule has 1 aromatic rings. The number of aromatic amines is 2. The summed E-state index contributed by atoms with van der Waals surface area (Å²) in [4.78, 5) is 26.0. The van der Waals surface area contributed by atoms with Gasteiger partial charge in [-0.15, -0.1) is 0 Å². The van der Waals surface area contributed by atoms with E-state index in [2.05, 4.69) is 28.9 Å². The van der Waals surface area contributed by atoms with Crippen LogP contribution in [0, 0.1) is 5.41 Å². The van der Waals surface area contributed by atoms with Crippen molar-refractivity contribution >= 4 is 10.0 Å². The van der Waals surface area contributed by atoms with Crippen LogP contribution in [-0.2, 0) is 10.0 Å². The van der Waals surface area contributed by atoms with Crippen LogP contribution in [0.1, 0.15) is 26.7 Å². The summed E-state index contributed by atoms with van der Waals surface area (Å²) in [6, 6.07) is -0.0112. The molecule has 0 amide bonds. The van der Waals surface area contributed by atoms with Gasteiger partial charge in [-0.1, -0.05) is 13.8 Å². The van der Waals surface area contributed by atoms with Gasteiger partial charge >= 0.3 is 5.69 Å². The fourth-order valence-electron chi connectivity index (χ4n) is 2.49. The van der Waals surface area contributed by atoms with Crippen LogP contribution in [0.4, 0.5) is 0 Å². The lowest BCUT2D eigenvalue weighted by atomic mass is 9.78. The Morgan fingerprint density at radius 3 is 2.71 bits per heavy atom. The fraction of sp³-hybridized carbons (Fsp3) is 0.667. The van der Waals surface area contributed by atoms with Gasteiger partial charge in [0.2, 0.25) is 10.0 Å². The van der Waals surface area contributed by atoms with Crippen LogP contribution in [0.15, 0.2) is 20.7 Å². The Morgan fingerprint density at radius 1 is 1.38 bits per heavy atom. The highest BCUT2D eigenvalue weighted by molar-refractivity contribution is 7.89. The summed E-state index contributed by atoms with van der Waals surface area (Å²) < 4.78 is 26.7. The van der Waals surface area contributed by atoms with Gasteiger partial charge in [0, 0.05) is 18.8 Å². The number of hydrogen-bond donors (Lipinski definition) is 4. The Hall–Kier alpha value is -1.45. The van der Waals surface area contributed by atoms with Crippen LogP contribution in [-0.4, -0.2) is 37.5 Å². The first-order valence-corrected chi connectivity index (χ1v) is 8.26. The molecule has 1 saturated heterocycles. The topological polar surface area (TPSA) is 124 Å². The van der Waals surface area contributed by atoms with E-state index in [-0.39, 0.29) is 18.0 Å². The van der Waals surface area contributed by atoms with Gasteiger partial charge in [-0.3, -0.25) is 9.78 Å². The average Bonchev–Trinajstić information content (AvgIpc) is 2.36. The van der Waals surface area contributed by atoms with Crippen LogP contribution < -0.4 is 21.3 Å². The predicted octanol–water partition coefficient (Wildman–Crippen LogP) is -0.880. The molecule has 0 aromatic carbocycles. The van der Waals surface area contributed by atoms with E-state index in [0.717, 1.165) is 25.6 Å². The smallest absolute Gasteiger partial charge is 0.313 e. The summed E-state index contributed by atoms with van der Waals surface area (Å²) in [5, 5.41) is 3.29. The second-order valence-corrected chi connectivity index (χ2v) is 7.62. The zero-order valence-corrected chi connectivity index (χ0v) is 12.8. The van der Waals surface area contributed by atoms with Crippen LogP contribution in [0.25, 0.3) is 0 Å². The Bertz CT molecular complexity index is 719. The van der Waals surface area contributed by atoms with Crippen molar-refractivity contribution in [1.29, 1.82) is 0 Å². The van der Waals surface area contributed by atoms with E-state index >= 15 is 0 Å². The SMILES string of the molecule is CC1(C)CCCNC1CNS(=O)(=O)c1c[nH]c(=O)[nH]c1=O. The lowest BCUT2D eigenvalue weighted by molar-refractivity contribution is 0.181. The van der Waals surface area contributed by atoms with E-state index in [1.54, 1.807) is 0 Å². The van der Waals surface area contributed by atoms with Crippen molar-refractivity contribution < 1.29 is 8.42 Å². The molecule has 8 nitrogen and oxygen atoms in total. The number of aromatic nitrogens is 2. The molecule has 2 rings (SSSR count). The fourth-order valence-corrected chi connectivity index (χ4v) is 3.54. The largest absolute Gasteiger partial charge is 0.325 e. The van der Waals surface area contributed by atoms with E-state index in [0.29, 0.717) is 0 Å². The molecule has 1 aliphatic heterocycles. The van der Waals surface area contributed by atoms with Gasteiger partial charge in [0.05, 0.1) is 0 Å². The van der Waals surface area contributed by atoms with E-state index in [1.807, 2.05) is 4.98 Å². The van der Waals surface area contributed by atoms with Crippen molar-refractivity contribution in [2.24, 2.45) is 5.41 Å². The van der Waals surface area contributed by atoms with Gasteiger partial charge in [0.1, 0.15) is 0 Å². The molecule has 0 bridgehead atoms. The van der Waals surface area contributed by atoms with E-state index < -0.39 is 26.2 Å². The highest BCUT2D eigenvalue weighted by atomic mass is 32.2. The summed E-state index contributed by atoms with van der Waals surface area (Å²) in [5.41, 5.74) is -1.70. The summed E-state index contributed by atoms with van der Waals surface area (Å²) in [6.45, 7) is 5.18. The van der Waals surface area contributed by atoms with Crippen molar-refractivity contribution in [2.45, 2.75) is 37.6 Å². The maximum atomic E-state index is 12.1. The van der Waals surface area contributed by atoms with E-state index in [1.165, 1.54) is 0 Å². The molecular weight excluding hydrogens is 296 g/mol. The van der Waals surface area contributed by atoms with Gasteiger partial charge in [0.25, 0.3) is 5.56 Å². The van der Waals surface area contributed by atoms with Crippen LogP contribution in [0.5, 0.6) is 0 Å². The van der Waals surface area contributed by atoms with E-state index in [9.17, 15) is 18.0 Å². The molecular formula is C12H20N4O4S. The van der Waals surface area contributed by atoms with Crippen molar-refractivity contribution in [1.82, 2.24) is 20.0 Å². The maximum Gasteiger partial charge on any atom is 0.325 e. The lowest BCUT2D eigenvalue weighted by Gasteiger charge is -2.39. The van der Waals surface area contributed by atoms with Gasteiger partial charge in [-0.25, -0.2) is 17.9 Å². The summed E-state index contributed by atoms with van der Waals surface area (Å²) >= 11 is 0. The normalized spacial score (nSPS) is 22.1. The minimum Gasteiger partial charge on any atom is -0.313 e. The van der Waals surface area contributed by atoms with Crippen LogP contribution >= 0.6 is 0 Å². The third-order valence-electron chi connectivity index (χ3n) is 3.88. The number of nitrogens with one attached hydrogen (secondary N) is 4. The minimum atomic E-state index is -3.96. The Balaban J connectivity index is 2.15. The molecule has 1 atom stereocenters. The number of sulfonamides is 1. The molecule has 9 heteroatoms. The van der Waals surface area contributed by atoms with Gasteiger partial charge < -0.3 is 10.3 Å². The zero-order valence-electron chi connectivity index (χ0n) is 12.0. The first kappa shape index (κ1) is 15.9. The molecule has 118 valence electrons. The molecule has 0 saturated carbocycles. The standard InChI is InChI=1S/C12H20N4O4S/c1-12(2)4-3-5-13-9(12)7-15-21(19,20)8-6-14-11(18)16-10(8)17/h6,9,13,15H,3-5,7H2,1-2H3,(H2,14,16,17,18). The molecule has 2 heterocycles. The van der Waals surface area contributed by atoms with Gasteiger partial charge in [0.15, 0.2) is 4.90 Å². The monoisotopic (exact) mass is 316 g/mol. The number of H-pyrrole nitrogens is 2. The molecule has 1 fully saturated rings. The first-order valence-electron chi connectivity index (χ1n) is 6.77. The second kappa shape index (κ2) is 5.74. The van der Waals surface area contributed by atoms with Crippen LogP contribution in [0.3, 0.4) is 0 Å². The van der Waals surface area contributed by atoms with Gasteiger partial charge in [-0.05, 0) is 24.8 Å². The predicted molar refractivity (Wildman–Crippen MR) is 77.7 cm³/mol. The zero-order chi connectivity index (χ0) is 15.7. The quantitative estimate of drug-likeness (QED) is 0.574. The molecule has 0 spiro atoms. The van der Waals surface area contributed by atoms with Gasteiger partial charge in [-0.2, -0.15) is 0 Å². The minimum absolute atomic E-state index is 0.0112. The van der Waals surface area contributed by atoms with E-state index in [4.69, 9.17) is 0 Å². The summed E-state index contributed by atoms with van der Waals surface area (Å²) in [5.74, 6) is 0. The molecule has 21 heavy (non-hydrogen) atoms. The molecule has 0 radical (unpaired) electrons.